The quantitative estimate of drug-likeness (QED) is 0.627. The van der Waals surface area contributed by atoms with Gasteiger partial charge in [-0.1, -0.05) is 0 Å². The van der Waals surface area contributed by atoms with Crippen molar-refractivity contribution in [2.45, 2.75) is 45.1 Å². The fourth-order valence-corrected chi connectivity index (χ4v) is 3.48. The van der Waals surface area contributed by atoms with Crippen LogP contribution < -0.4 is 16.6 Å². The monoisotopic (exact) mass is 430 g/mol. The van der Waals surface area contributed by atoms with Crippen LogP contribution in [0.1, 0.15) is 47.0 Å². The minimum Gasteiger partial charge on any atom is -0.394 e. The number of nitrogens with one attached hydrogen (secondary N) is 1. The second kappa shape index (κ2) is 9.68. The Morgan fingerprint density at radius 1 is 1.39 bits per heavy atom. The van der Waals surface area contributed by atoms with Gasteiger partial charge in [0, 0.05) is 30.4 Å². The first kappa shape index (κ1) is 22.4. The van der Waals surface area contributed by atoms with Crippen LogP contribution in [0, 0.1) is 24.1 Å². The molecule has 0 spiro atoms. The van der Waals surface area contributed by atoms with Gasteiger partial charge in [-0.25, -0.2) is 9.18 Å². The summed E-state index contributed by atoms with van der Waals surface area (Å²) in [7, 11) is 0. The molecule has 0 aliphatic carbocycles. The van der Waals surface area contributed by atoms with Gasteiger partial charge in [-0.15, -0.1) is 0 Å². The zero-order valence-corrected chi connectivity index (χ0v) is 17.0. The van der Waals surface area contributed by atoms with E-state index in [1.807, 2.05) is 0 Å². The zero-order chi connectivity index (χ0) is 22.5. The van der Waals surface area contributed by atoms with E-state index in [1.54, 1.807) is 13.0 Å². The number of hydrogen-bond donors (Lipinski definition) is 2. The number of benzene rings is 1. The van der Waals surface area contributed by atoms with Crippen LogP contribution in [0.15, 0.2) is 34.0 Å². The number of nitrogens with zero attached hydrogens (tertiary/aromatic N) is 3. The maximum absolute atomic E-state index is 13.4. The van der Waals surface area contributed by atoms with Crippen LogP contribution in [0.5, 0.6) is 0 Å². The molecule has 1 aromatic heterocycles. The molecule has 2 heterocycles. The van der Waals surface area contributed by atoms with Gasteiger partial charge >= 0.3 is 5.69 Å². The molecule has 0 bridgehead atoms. The second-order valence-electron chi connectivity index (χ2n) is 7.35. The smallest absolute Gasteiger partial charge is 0.333 e. The summed E-state index contributed by atoms with van der Waals surface area (Å²) in [6.07, 6.45) is 2.08. The van der Waals surface area contributed by atoms with Gasteiger partial charge in [0.2, 0.25) is 0 Å². The highest BCUT2D eigenvalue weighted by Crippen LogP contribution is 2.26. The average molecular weight is 430 g/mol. The lowest BCUT2D eigenvalue weighted by atomic mass is 10.1. The van der Waals surface area contributed by atoms with E-state index >= 15 is 0 Å². The Kier molecular flexibility index (Phi) is 6.99. The fraction of sp³-hybridized carbons (Fsp3) is 0.429. The summed E-state index contributed by atoms with van der Waals surface area (Å²) >= 11 is 0. The molecule has 1 saturated heterocycles. The average Bonchev–Trinajstić information content (AvgIpc) is 3.25. The third kappa shape index (κ3) is 4.90. The van der Waals surface area contributed by atoms with Crippen LogP contribution in [-0.2, 0) is 11.3 Å². The molecular weight excluding hydrogens is 407 g/mol. The van der Waals surface area contributed by atoms with Crippen LogP contribution in [0.4, 0.5) is 4.39 Å². The number of aliphatic hydroxyl groups excluding tert-OH is 1. The number of ether oxygens (including phenoxy) is 1. The highest BCUT2D eigenvalue weighted by atomic mass is 19.1. The fourth-order valence-electron chi connectivity index (χ4n) is 3.48. The molecule has 1 fully saturated rings. The summed E-state index contributed by atoms with van der Waals surface area (Å²) in [5.74, 6) is -1.19. The molecule has 1 aromatic carbocycles. The molecule has 2 N–H and O–H groups in total. The van der Waals surface area contributed by atoms with E-state index in [0.717, 1.165) is 16.7 Å². The van der Waals surface area contributed by atoms with Crippen molar-refractivity contribution in [3.63, 3.8) is 0 Å². The van der Waals surface area contributed by atoms with E-state index in [4.69, 9.17) is 10.00 Å². The number of nitriles is 1. The maximum Gasteiger partial charge on any atom is 0.333 e. The molecule has 1 amide bonds. The topological polar surface area (TPSA) is 126 Å². The summed E-state index contributed by atoms with van der Waals surface area (Å²) in [4.78, 5) is 37.4. The lowest BCUT2D eigenvalue weighted by molar-refractivity contribution is -0.0253. The van der Waals surface area contributed by atoms with Gasteiger partial charge < -0.3 is 15.2 Å². The summed E-state index contributed by atoms with van der Waals surface area (Å²) in [5, 5.41) is 20.7. The molecule has 10 heteroatoms. The number of carbonyl (C=O) groups is 1. The van der Waals surface area contributed by atoms with Gasteiger partial charge in [0.05, 0.1) is 18.3 Å². The third-order valence-corrected chi connectivity index (χ3v) is 5.16. The SMILES string of the molecule is Cc1cn([C@H]2CCC(CO)O2)c(=O)n(CCCNC(=O)c2ccc(F)c(C#N)c2)c1=O. The van der Waals surface area contributed by atoms with Crippen LogP contribution in [0.3, 0.4) is 0 Å². The molecule has 9 nitrogen and oxygen atoms in total. The van der Waals surface area contributed by atoms with E-state index in [2.05, 4.69) is 5.32 Å². The normalized spacial score (nSPS) is 18.0. The predicted molar refractivity (Wildman–Crippen MR) is 108 cm³/mol. The molecule has 2 aromatic rings. The minimum atomic E-state index is -0.703. The Labute approximate surface area is 177 Å². The Balaban J connectivity index is 1.65. The number of aliphatic hydroxyl groups is 1. The van der Waals surface area contributed by atoms with Crippen LogP contribution in [0.2, 0.25) is 0 Å². The molecule has 1 unspecified atom stereocenters. The molecule has 1 aliphatic rings. The lowest BCUT2D eigenvalue weighted by Crippen LogP contribution is -2.42. The van der Waals surface area contributed by atoms with Crippen molar-refractivity contribution < 1.29 is 19.0 Å². The Morgan fingerprint density at radius 3 is 2.84 bits per heavy atom. The van der Waals surface area contributed by atoms with E-state index < -0.39 is 29.2 Å². The molecule has 164 valence electrons. The number of hydrogen-bond acceptors (Lipinski definition) is 6. The number of halogens is 1. The first-order valence-corrected chi connectivity index (χ1v) is 9.92. The van der Waals surface area contributed by atoms with E-state index in [0.29, 0.717) is 24.8 Å². The zero-order valence-electron chi connectivity index (χ0n) is 17.0. The van der Waals surface area contributed by atoms with Crippen molar-refractivity contribution >= 4 is 5.91 Å². The number of carbonyl (C=O) groups excluding carboxylic acids is 1. The van der Waals surface area contributed by atoms with Gasteiger partial charge in [-0.2, -0.15) is 5.26 Å². The van der Waals surface area contributed by atoms with Gasteiger partial charge in [-0.05, 0) is 44.4 Å². The second-order valence-corrected chi connectivity index (χ2v) is 7.35. The molecule has 2 atom stereocenters. The van der Waals surface area contributed by atoms with E-state index in [-0.39, 0.29) is 36.9 Å². The largest absolute Gasteiger partial charge is 0.394 e. The highest BCUT2D eigenvalue weighted by Gasteiger charge is 2.27. The molecule has 3 rings (SSSR count). The number of amides is 1. The maximum atomic E-state index is 13.4. The van der Waals surface area contributed by atoms with Gasteiger partial charge in [0.15, 0.2) is 0 Å². The van der Waals surface area contributed by atoms with Crippen LogP contribution in [0.25, 0.3) is 0 Å². The van der Waals surface area contributed by atoms with Crippen LogP contribution >= 0.6 is 0 Å². The van der Waals surface area contributed by atoms with Crippen molar-refractivity contribution in [2.75, 3.05) is 13.2 Å². The molecule has 0 radical (unpaired) electrons. The minimum absolute atomic E-state index is 0.0860. The predicted octanol–water partition coefficient (Wildman–Crippen LogP) is 0.819. The number of rotatable bonds is 7. The van der Waals surface area contributed by atoms with E-state index in [9.17, 15) is 23.9 Å². The molecular formula is C21H23FN4O5. The Morgan fingerprint density at radius 2 is 2.16 bits per heavy atom. The van der Waals surface area contributed by atoms with Crippen LogP contribution in [-0.4, -0.2) is 39.4 Å². The summed E-state index contributed by atoms with van der Waals surface area (Å²) in [6, 6.07) is 5.16. The molecule has 31 heavy (non-hydrogen) atoms. The third-order valence-electron chi connectivity index (χ3n) is 5.16. The number of aromatic nitrogens is 2. The number of aryl methyl sites for hydroxylation is 1. The first-order chi connectivity index (χ1) is 14.8. The van der Waals surface area contributed by atoms with Gasteiger partial charge in [0.25, 0.3) is 11.5 Å². The molecule has 1 aliphatic heterocycles. The first-order valence-electron chi connectivity index (χ1n) is 9.92. The highest BCUT2D eigenvalue weighted by molar-refractivity contribution is 5.94. The standard InChI is InChI=1S/C21H23FN4O5/c1-13-11-26(18-6-4-16(12-27)31-18)21(30)25(20(13)29)8-2-7-24-19(28)14-3-5-17(22)15(9-14)10-23/h3,5,9,11,16,18,27H,2,4,6-8,12H2,1H3,(H,24,28)/t16?,18-/m1/s1. The van der Waals surface area contributed by atoms with Crippen molar-refractivity contribution in [3.8, 4) is 6.07 Å². The summed E-state index contributed by atoms with van der Waals surface area (Å²) in [6.45, 7) is 1.73. The van der Waals surface area contributed by atoms with Crippen molar-refractivity contribution in [2.24, 2.45) is 0 Å². The lowest BCUT2D eigenvalue weighted by Gasteiger charge is -2.17. The van der Waals surface area contributed by atoms with Crippen molar-refractivity contribution in [1.82, 2.24) is 14.5 Å². The molecule has 0 saturated carbocycles. The van der Waals surface area contributed by atoms with Crippen molar-refractivity contribution in [1.29, 1.82) is 5.26 Å². The Hall–Kier alpha value is -3.29. The van der Waals surface area contributed by atoms with Gasteiger partial charge in [0.1, 0.15) is 18.1 Å². The Bertz CT molecular complexity index is 1130. The van der Waals surface area contributed by atoms with Crippen molar-refractivity contribution in [3.05, 3.63) is 67.7 Å². The van der Waals surface area contributed by atoms with Gasteiger partial charge in [-0.3, -0.25) is 18.7 Å². The van der Waals surface area contributed by atoms with E-state index in [1.165, 1.54) is 16.8 Å². The summed E-state index contributed by atoms with van der Waals surface area (Å²) in [5.41, 5.74) is -0.624. The summed E-state index contributed by atoms with van der Waals surface area (Å²) < 4.78 is 21.5.